The molecule has 0 bridgehead atoms. The first kappa shape index (κ1) is 15.9. The Balaban J connectivity index is 2.22. The quantitative estimate of drug-likeness (QED) is 0.498. The molecular weight excluding hydrogens is 330 g/mol. The number of nitrogens with one attached hydrogen (secondary N) is 2. The maximum atomic E-state index is 11.6. The highest BCUT2D eigenvalue weighted by molar-refractivity contribution is 7.85. The summed E-state index contributed by atoms with van der Waals surface area (Å²) in [5, 5.41) is 2.17. The average molecular weight is 343 g/mol. The normalized spacial score (nSPS) is 11.4. The summed E-state index contributed by atoms with van der Waals surface area (Å²) in [6, 6.07) is 12.1. The van der Waals surface area contributed by atoms with Crippen molar-refractivity contribution in [1.82, 2.24) is 9.97 Å². The van der Waals surface area contributed by atoms with Gasteiger partial charge < -0.3 is 10.3 Å². The van der Waals surface area contributed by atoms with Crippen molar-refractivity contribution < 1.29 is 17.8 Å². The van der Waals surface area contributed by atoms with Gasteiger partial charge in [-0.1, -0.05) is 36.9 Å². The molecule has 1 heterocycles. The van der Waals surface area contributed by atoms with E-state index in [0.29, 0.717) is 27.8 Å². The molecule has 0 aliphatic carbocycles. The zero-order valence-corrected chi connectivity index (χ0v) is 13.2. The molecule has 0 aliphatic rings. The first-order valence-electron chi connectivity index (χ1n) is 6.89. The predicted octanol–water partition coefficient (Wildman–Crippen LogP) is 2.60. The number of amides is 1. The van der Waals surface area contributed by atoms with E-state index in [-0.39, 0.29) is 5.91 Å². The molecule has 2 aromatic carbocycles. The number of imidazole rings is 1. The van der Waals surface area contributed by atoms with Gasteiger partial charge in [0, 0.05) is 16.8 Å². The van der Waals surface area contributed by atoms with Gasteiger partial charge in [-0.05, 0) is 18.2 Å². The molecular formula is C16H13N3O4S. The fourth-order valence-corrected chi connectivity index (χ4v) is 2.81. The van der Waals surface area contributed by atoms with Crippen LogP contribution in [0.3, 0.4) is 0 Å². The van der Waals surface area contributed by atoms with Crippen molar-refractivity contribution in [2.45, 2.75) is 5.16 Å². The number of benzene rings is 2. The van der Waals surface area contributed by atoms with Gasteiger partial charge in [0.15, 0.2) is 0 Å². The van der Waals surface area contributed by atoms with Gasteiger partial charge in [0.1, 0.15) is 0 Å². The highest BCUT2D eigenvalue weighted by Crippen LogP contribution is 2.33. The van der Waals surface area contributed by atoms with Crippen molar-refractivity contribution in [3.8, 4) is 11.1 Å². The van der Waals surface area contributed by atoms with Crippen molar-refractivity contribution in [2.24, 2.45) is 0 Å². The van der Waals surface area contributed by atoms with E-state index in [1.54, 1.807) is 42.5 Å². The monoisotopic (exact) mass is 343 g/mol. The third kappa shape index (κ3) is 2.92. The van der Waals surface area contributed by atoms with Crippen molar-refractivity contribution in [1.29, 1.82) is 0 Å². The molecule has 7 nitrogen and oxygen atoms in total. The Morgan fingerprint density at radius 1 is 1.17 bits per heavy atom. The fourth-order valence-electron chi connectivity index (χ4n) is 2.37. The van der Waals surface area contributed by atoms with Gasteiger partial charge in [0.05, 0.1) is 11.0 Å². The summed E-state index contributed by atoms with van der Waals surface area (Å²) >= 11 is 0. The van der Waals surface area contributed by atoms with Crippen LogP contribution in [-0.2, 0) is 14.9 Å². The van der Waals surface area contributed by atoms with Crippen molar-refractivity contribution in [3.63, 3.8) is 0 Å². The number of hydrogen-bond donors (Lipinski definition) is 3. The fraction of sp³-hybridized carbons (Fsp3) is 0. The molecule has 24 heavy (non-hydrogen) atoms. The van der Waals surface area contributed by atoms with Crippen LogP contribution in [0.2, 0.25) is 0 Å². The molecule has 0 spiro atoms. The Morgan fingerprint density at radius 3 is 2.58 bits per heavy atom. The van der Waals surface area contributed by atoms with Crippen LogP contribution in [0.4, 0.5) is 5.69 Å². The summed E-state index contributed by atoms with van der Waals surface area (Å²) < 4.78 is 31.8. The number of hydrogen-bond acceptors (Lipinski definition) is 4. The molecule has 1 amide bonds. The lowest BCUT2D eigenvalue weighted by Gasteiger charge is -2.10. The number of carbonyl (C=O) groups excluding carboxylic acids is 1. The number of rotatable bonds is 4. The number of anilines is 1. The smallest absolute Gasteiger partial charge is 0.326 e. The molecule has 3 aromatic rings. The minimum atomic E-state index is -4.45. The van der Waals surface area contributed by atoms with Gasteiger partial charge in [0.2, 0.25) is 5.91 Å². The SMILES string of the molecule is C=CC(=O)Nc1ccccc1-c1cccc2nc(S(=O)(=O)O)[nH]c12. The van der Waals surface area contributed by atoms with Crippen LogP contribution in [0.1, 0.15) is 0 Å². The highest BCUT2D eigenvalue weighted by Gasteiger charge is 2.18. The van der Waals surface area contributed by atoms with Crippen LogP contribution in [0, 0.1) is 0 Å². The zero-order chi connectivity index (χ0) is 17.3. The standard InChI is InChI=1S/C16H13N3O4S/c1-2-14(20)17-12-8-4-3-6-10(12)11-7-5-9-13-15(11)19-16(18-13)24(21,22)23/h2-9H,1H2,(H,17,20)(H,18,19)(H,21,22,23). The molecule has 0 fully saturated rings. The Kier molecular flexibility index (Phi) is 3.92. The van der Waals surface area contributed by atoms with Gasteiger partial charge in [-0.15, -0.1) is 0 Å². The summed E-state index contributed by atoms with van der Waals surface area (Å²) in [6.07, 6.45) is 1.16. The van der Waals surface area contributed by atoms with E-state index >= 15 is 0 Å². The molecule has 0 unspecified atom stereocenters. The van der Waals surface area contributed by atoms with E-state index < -0.39 is 15.3 Å². The lowest BCUT2D eigenvalue weighted by Crippen LogP contribution is -2.08. The Bertz CT molecular complexity index is 1050. The van der Waals surface area contributed by atoms with Crippen LogP contribution < -0.4 is 5.32 Å². The van der Waals surface area contributed by atoms with Crippen LogP contribution in [-0.4, -0.2) is 28.8 Å². The maximum absolute atomic E-state index is 11.6. The molecule has 0 radical (unpaired) electrons. The van der Waals surface area contributed by atoms with Crippen LogP contribution in [0.25, 0.3) is 22.2 Å². The average Bonchev–Trinajstić information content (AvgIpc) is 3.00. The number of fused-ring (bicyclic) bond motifs is 1. The van der Waals surface area contributed by atoms with Crippen molar-refractivity contribution >= 4 is 32.7 Å². The van der Waals surface area contributed by atoms with E-state index in [0.717, 1.165) is 6.08 Å². The lowest BCUT2D eigenvalue weighted by atomic mass is 10.0. The Hall–Kier alpha value is -2.97. The largest absolute Gasteiger partial charge is 0.328 e. The first-order valence-corrected chi connectivity index (χ1v) is 8.33. The van der Waals surface area contributed by atoms with Crippen LogP contribution >= 0.6 is 0 Å². The molecule has 3 N–H and O–H groups in total. The summed E-state index contributed by atoms with van der Waals surface area (Å²) in [4.78, 5) is 18.1. The molecule has 0 aliphatic heterocycles. The number of nitrogens with zero attached hydrogens (tertiary/aromatic N) is 1. The lowest BCUT2D eigenvalue weighted by molar-refractivity contribution is -0.111. The number of aromatic amines is 1. The van der Waals surface area contributed by atoms with Crippen LogP contribution in [0.5, 0.6) is 0 Å². The molecule has 3 rings (SSSR count). The number of H-pyrrole nitrogens is 1. The molecule has 122 valence electrons. The minimum absolute atomic E-state index is 0.363. The van der Waals surface area contributed by atoms with Crippen LogP contribution in [0.15, 0.2) is 60.3 Å². The molecule has 1 aromatic heterocycles. The van der Waals surface area contributed by atoms with E-state index in [1.165, 1.54) is 0 Å². The third-order valence-electron chi connectivity index (χ3n) is 3.40. The first-order chi connectivity index (χ1) is 11.4. The summed E-state index contributed by atoms with van der Waals surface area (Å²) in [5.74, 6) is -0.363. The van der Waals surface area contributed by atoms with E-state index in [1.807, 2.05) is 0 Å². The maximum Gasteiger partial charge on any atom is 0.328 e. The number of carbonyl (C=O) groups is 1. The van der Waals surface area contributed by atoms with E-state index in [4.69, 9.17) is 4.55 Å². The highest BCUT2D eigenvalue weighted by atomic mass is 32.2. The molecule has 0 saturated heterocycles. The van der Waals surface area contributed by atoms with Gasteiger partial charge in [-0.3, -0.25) is 9.35 Å². The van der Waals surface area contributed by atoms with E-state index in [9.17, 15) is 13.2 Å². The zero-order valence-electron chi connectivity index (χ0n) is 12.4. The second-order valence-electron chi connectivity index (χ2n) is 4.96. The third-order valence-corrected chi connectivity index (χ3v) is 4.08. The van der Waals surface area contributed by atoms with Gasteiger partial charge >= 0.3 is 10.1 Å². The van der Waals surface area contributed by atoms with Crippen molar-refractivity contribution in [3.05, 3.63) is 55.1 Å². The second kappa shape index (κ2) is 5.91. The summed E-state index contributed by atoms with van der Waals surface area (Å²) in [5.41, 5.74) is 2.66. The Morgan fingerprint density at radius 2 is 1.88 bits per heavy atom. The van der Waals surface area contributed by atoms with Crippen molar-refractivity contribution in [2.75, 3.05) is 5.32 Å². The topological polar surface area (TPSA) is 112 Å². The summed E-state index contributed by atoms with van der Waals surface area (Å²) in [6.45, 7) is 3.42. The predicted molar refractivity (Wildman–Crippen MR) is 90.2 cm³/mol. The second-order valence-corrected chi connectivity index (χ2v) is 6.29. The Labute approximate surface area is 137 Å². The van der Waals surface area contributed by atoms with Gasteiger partial charge in [0.25, 0.3) is 5.16 Å². The van der Waals surface area contributed by atoms with Gasteiger partial charge in [-0.2, -0.15) is 8.42 Å². The molecule has 8 heteroatoms. The number of aromatic nitrogens is 2. The number of para-hydroxylation sites is 2. The van der Waals surface area contributed by atoms with E-state index in [2.05, 4.69) is 21.9 Å². The van der Waals surface area contributed by atoms with Gasteiger partial charge in [-0.25, -0.2) is 4.98 Å². The molecule has 0 atom stereocenters. The summed E-state index contributed by atoms with van der Waals surface area (Å²) in [7, 11) is -4.45. The molecule has 0 saturated carbocycles. The minimum Gasteiger partial charge on any atom is -0.326 e.